The molecule has 4 heteroatoms. The van der Waals surface area contributed by atoms with E-state index in [9.17, 15) is 19.8 Å². The van der Waals surface area contributed by atoms with Gasteiger partial charge < -0.3 is 10.2 Å². The summed E-state index contributed by atoms with van der Waals surface area (Å²) in [5.41, 5.74) is -2.23. The predicted molar refractivity (Wildman–Crippen MR) is 124 cm³/mol. The lowest BCUT2D eigenvalue weighted by Crippen LogP contribution is -2.57. The molecule has 0 aromatic heterocycles. The van der Waals surface area contributed by atoms with Crippen LogP contribution in [0.2, 0.25) is 0 Å². The Kier molecular flexibility index (Phi) is 12.7. The predicted octanol–water partition coefficient (Wildman–Crippen LogP) is 7.84. The fourth-order valence-electron chi connectivity index (χ4n) is 5.90. The molecule has 0 aliphatic heterocycles. The Morgan fingerprint density at radius 3 is 1.63 bits per heavy atom. The molecule has 0 saturated heterocycles. The van der Waals surface area contributed by atoms with E-state index in [1.165, 1.54) is 57.8 Å². The second kappa shape index (κ2) is 14.1. The van der Waals surface area contributed by atoms with Crippen LogP contribution in [0, 0.1) is 16.7 Å². The average Bonchev–Trinajstić information content (AvgIpc) is 2.73. The molecule has 0 aromatic rings. The minimum atomic E-state index is -1.12. The SMILES string of the molecule is CCCCCCCCCCCCCCC1(C(=O)O)CCCCC1(C(=O)O)C(C)CC. The molecule has 0 heterocycles. The van der Waals surface area contributed by atoms with E-state index in [0.717, 1.165) is 32.1 Å². The van der Waals surface area contributed by atoms with Crippen molar-refractivity contribution in [1.29, 1.82) is 0 Å². The lowest BCUT2D eigenvalue weighted by Gasteiger charge is -2.51. The van der Waals surface area contributed by atoms with Crippen molar-refractivity contribution in [1.82, 2.24) is 0 Å². The maximum atomic E-state index is 12.5. The van der Waals surface area contributed by atoms with Crippen molar-refractivity contribution in [3.05, 3.63) is 0 Å². The fourth-order valence-corrected chi connectivity index (χ4v) is 5.90. The second-order valence-electron chi connectivity index (χ2n) is 9.82. The molecule has 1 fully saturated rings. The molecule has 0 radical (unpaired) electrons. The van der Waals surface area contributed by atoms with Crippen LogP contribution in [0.3, 0.4) is 0 Å². The zero-order valence-corrected chi connectivity index (χ0v) is 20.0. The summed E-state index contributed by atoms with van der Waals surface area (Å²) in [5.74, 6) is -1.89. The molecule has 30 heavy (non-hydrogen) atoms. The quantitative estimate of drug-likeness (QED) is 0.233. The topological polar surface area (TPSA) is 74.6 Å². The summed E-state index contributed by atoms with van der Waals surface area (Å²) in [5, 5.41) is 20.4. The van der Waals surface area contributed by atoms with Gasteiger partial charge in [0, 0.05) is 0 Å². The standard InChI is InChI=1S/C26H48O4/c1-4-6-7-8-9-10-11-12-13-14-15-16-19-25(23(27)28)20-17-18-21-26(25,24(29)30)22(3)5-2/h22H,4-21H2,1-3H3,(H,27,28)(H,29,30). The smallest absolute Gasteiger partial charge is 0.311 e. The number of aliphatic carboxylic acids is 2. The van der Waals surface area contributed by atoms with Gasteiger partial charge >= 0.3 is 11.9 Å². The van der Waals surface area contributed by atoms with Crippen molar-refractivity contribution in [3.63, 3.8) is 0 Å². The number of unbranched alkanes of at least 4 members (excludes halogenated alkanes) is 11. The van der Waals surface area contributed by atoms with Gasteiger partial charge in [-0.3, -0.25) is 9.59 Å². The number of carboxylic acids is 2. The molecule has 3 unspecified atom stereocenters. The highest BCUT2D eigenvalue weighted by Crippen LogP contribution is 2.58. The first-order valence-electron chi connectivity index (χ1n) is 12.9. The van der Waals surface area contributed by atoms with Crippen LogP contribution in [0.25, 0.3) is 0 Å². The van der Waals surface area contributed by atoms with Crippen LogP contribution in [0.4, 0.5) is 0 Å². The summed E-state index contributed by atoms with van der Waals surface area (Å²) < 4.78 is 0. The first kappa shape index (κ1) is 27.0. The highest BCUT2D eigenvalue weighted by Gasteiger charge is 2.63. The molecule has 0 spiro atoms. The summed E-state index contributed by atoms with van der Waals surface area (Å²) in [6, 6.07) is 0. The van der Waals surface area contributed by atoms with E-state index in [1.807, 2.05) is 13.8 Å². The molecular weight excluding hydrogens is 376 g/mol. The number of hydrogen-bond acceptors (Lipinski definition) is 2. The summed E-state index contributed by atoms with van der Waals surface area (Å²) in [6.45, 7) is 6.18. The van der Waals surface area contributed by atoms with Gasteiger partial charge in [-0.25, -0.2) is 0 Å². The fraction of sp³-hybridized carbons (Fsp3) is 0.923. The molecule has 1 saturated carbocycles. The van der Waals surface area contributed by atoms with Crippen LogP contribution in [0.1, 0.15) is 136 Å². The third-order valence-corrected chi connectivity index (χ3v) is 7.98. The Bertz CT molecular complexity index is 503. The average molecular weight is 425 g/mol. The molecule has 1 aliphatic rings. The molecule has 1 rings (SSSR count). The molecule has 4 nitrogen and oxygen atoms in total. The van der Waals surface area contributed by atoms with Crippen LogP contribution in [0.5, 0.6) is 0 Å². The highest BCUT2D eigenvalue weighted by atomic mass is 16.4. The molecule has 1 aliphatic carbocycles. The summed E-state index contributed by atoms with van der Waals surface area (Å²) in [4.78, 5) is 24.9. The van der Waals surface area contributed by atoms with Crippen molar-refractivity contribution in [3.8, 4) is 0 Å². The van der Waals surface area contributed by atoms with Gasteiger partial charge in [0.1, 0.15) is 0 Å². The van der Waals surface area contributed by atoms with E-state index >= 15 is 0 Å². The minimum absolute atomic E-state index is 0.122. The maximum Gasteiger partial charge on any atom is 0.311 e. The third-order valence-electron chi connectivity index (χ3n) is 7.98. The van der Waals surface area contributed by atoms with E-state index in [0.29, 0.717) is 25.7 Å². The molecule has 0 aromatic carbocycles. The van der Waals surface area contributed by atoms with Crippen LogP contribution in [0.15, 0.2) is 0 Å². The Hall–Kier alpha value is -1.06. The Labute approximate surface area is 185 Å². The Balaban J connectivity index is 2.49. The lowest BCUT2D eigenvalue weighted by molar-refractivity contribution is -0.188. The van der Waals surface area contributed by atoms with E-state index < -0.39 is 22.8 Å². The van der Waals surface area contributed by atoms with E-state index in [4.69, 9.17) is 0 Å². The second-order valence-corrected chi connectivity index (χ2v) is 9.82. The number of rotatable bonds is 17. The van der Waals surface area contributed by atoms with Gasteiger partial charge in [0.25, 0.3) is 0 Å². The van der Waals surface area contributed by atoms with E-state index in [1.54, 1.807) is 0 Å². The van der Waals surface area contributed by atoms with Gasteiger partial charge in [0.15, 0.2) is 0 Å². The van der Waals surface area contributed by atoms with Gasteiger partial charge in [-0.15, -0.1) is 0 Å². The van der Waals surface area contributed by atoms with Crippen LogP contribution in [-0.2, 0) is 9.59 Å². The first-order chi connectivity index (χ1) is 14.4. The number of carbonyl (C=O) groups is 2. The molecule has 2 N–H and O–H groups in total. The van der Waals surface area contributed by atoms with Crippen molar-refractivity contribution >= 4 is 11.9 Å². The lowest BCUT2D eigenvalue weighted by atomic mass is 9.49. The van der Waals surface area contributed by atoms with Crippen molar-refractivity contribution in [2.45, 2.75) is 136 Å². The highest BCUT2D eigenvalue weighted by molar-refractivity contribution is 5.87. The van der Waals surface area contributed by atoms with Crippen LogP contribution < -0.4 is 0 Å². The van der Waals surface area contributed by atoms with Gasteiger partial charge in [-0.1, -0.05) is 117 Å². The molecular formula is C26H48O4. The Morgan fingerprint density at radius 1 is 0.733 bits per heavy atom. The van der Waals surface area contributed by atoms with E-state index in [2.05, 4.69) is 6.92 Å². The van der Waals surface area contributed by atoms with E-state index in [-0.39, 0.29) is 5.92 Å². The van der Waals surface area contributed by atoms with Crippen molar-refractivity contribution in [2.24, 2.45) is 16.7 Å². The summed E-state index contributed by atoms with van der Waals surface area (Å²) >= 11 is 0. The first-order valence-corrected chi connectivity index (χ1v) is 12.9. The van der Waals surface area contributed by atoms with Crippen LogP contribution in [-0.4, -0.2) is 22.2 Å². The minimum Gasteiger partial charge on any atom is -0.481 e. The van der Waals surface area contributed by atoms with Gasteiger partial charge in [-0.05, 0) is 25.2 Å². The molecule has 176 valence electrons. The van der Waals surface area contributed by atoms with Crippen molar-refractivity contribution < 1.29 is 19.8 Å². The van der Waals surface area contributed by atoms with Gasteiger partial charge in [0.05, 0.1) is 10.8 Å². The normalized spacial score (nSPS) is 25.2. The largest absolute Gasteiger partial charge is 0.481 e. The van der Waals surface area contributed by atoms with Crippen LogP contribution >= 0.6 is 0 Å². The monoisotopic (exact) mass is 424 g/mol. The number of carboxylic acid groups (broad SMARTS) is 2. The zero-order chi connectivity index (χ0) is 22.5. The summed E-state index contributed by atoms with van der Waals surface area (Å²) in [7, 11) is 0. The zero-order valence-electron chi connectivity index (χ0n) is 20.0. The Morgan fingerprint density at radius 2 is 1.20 bits per heavy atom. The van der Waals surface area contributed by atoms with Gasteiger partial charge in [-0.2, -0.15) is 0 Å². The summed E-state index contributed by atoms with van der Waals surface area (Å²) in [6.07, 6.45) is 18.7. The third kappa shape index (κ3) is 6.72. The number of hydrogen-bond donors (Lipinski definition) is 2. The maximum absolute atomic E-state index is 12.5. The molecule has 0 bridgehead atoms. The molecule has 0 amide bonds. The molecule has 3 atom stereocenters. The van der Waals surface area contributed by atoms with Crippen molar-refractivity contribution in [2.75, 3.05) is 0 Å². The van der Waals surface area contributed by atoms with Gasteiger partial charge in [0.2, 0.25) is 0 Å².